The van der Waals surface area contributed by atoms with Gasteiger partial charge < -0.3 is 0 Å². The minimum Gasteiger partial charge on any atom is -0.292 e. The van der Waals surface area contributed by atoms with Crippen LogP contribution in [0.3, 0.4) is 0 Å². The zero-order chi connectivity index (χ0) is 26.9. The average molecular weight is 604 g/mol. The summed E-state index contributed by atoms with van der Waals surface area (Å²) < 4.78 is 53.2. The van der Waals surface area contributed by atoms with Gasteiger partial charge in [-0.3, -0.25) is 10.4 Å². The van der Waals surface area contributed by atoms with E-state index in [-0.39, 0.29) is 35.3 Å². The molecule has 0 bridgehead atoms. The van der Waals surface area contributed by atoms with Crippen LogP contribution in [-0.4, -0.2) is 46.6 Å². The number of sulfonamides is 2. The molecule has 37 heavy (non-hydrogen) atoms. The van der Waals surface area contributed by atoms with Crippen molar-refractivity contribution in [2.45, 2.75) is 23.6 Å². The standard InChI is InChI=1S/C26H27BrN4O4S2/c1-21-9-13-24(14-10-21)36(32,33)30-29-26(23-7-4-3-5-8-23)28-18-20-31(19-6-17-27)37(34,35)25-15-11-22(2)12-16-25/h3-5,7-16,30H,18-20H2,1-2H3,(H,28,29). The molecule has 0 atom stereocenters. The predicted octanol–water partition coefficient (Wildman–Crippen LogP) is 3.58. The van der Waals surface area contributed by atoms with Crippen LogP contribution in [-0.2, 0) is 20.0 Å². The molecule has 0 radical (unpaired) electrons. The Balaban J connectivity index is 1.82. The lowest BCUT2D eigenvalue weighted by Crippen LogP contribution is -2.42. The van der Waals surface area contributed by atoms with Crippen molar-refractivity contribution in [2.75, 3.05) is 19.6 Å². The summed E-state index contributed by atoms with van der Waals surface area (Å²) in [4.78, 5) is 9.64. The lowest BCUT2D eigenvalue weighted by atomic mass is 10.2. The van der Waals surface area contributed by atoms with Crippen LogP contribution in [0.2, 0.25) is 0 Å². The van der Waals surface area contributed by atoms with E-state index >= 15 is 0 Å². The molecule has 0 unspecified atom stereocenters. The number of aliphatic imine (C=N–C) groups is 1. The van der Waals surface area contributed by atoms with Crippen molar-refractivity contribution in [3.05, 3.63) is 95.6 Å². The van der Waals surface area contributed by atoms with Crippen molar-refractivity contribution in [3.63, 3.8) is 0 Å². The van der Waals surface area contributed by atoms with E-state index in [4.69, 9.17) is 0 Å². The SMILES string of the molecule is Cc1ccc(S(=O)(=O)NNC(=NCCN(CC#CBr)S(=O)(=O)c2ccc(C)cc2)c2ccccc2)cc1. The second-order valence-electron chi connectivity index (χ2n) is 8.06. The molecule has 194 valence electrons. The highest BCUT2D eigenvalue weighted by Crippen LogP contribution is 2.16. The van der Waals surface area contributed by atoms with Crippen molar-refractivity contribution >= 4 is 41.8 Å². The molecule has 0 heterocycles. The van der Waals surface area contributed by atoms with Crippen molar-refractivity contribution < 1.29 is 16.8 Å². The maximum absolute atomic E-state index is 13.2. The molecule has 3 aromatic carbocycles. The van der Waals surface area contributed by atoms with Crippen LogP contribution in [0.15, 0.2) is 93.6 Å². The Morgan fingerprint density at radius 2 is 1.43 bits per heavy atom. The molecular weight excluding hydrogens is 576 g/mol. The molecule has 11 heteroatoms. The van der Waals surface area contributed by atoms with Crippen LogP contribution in [0, 0.1) is 24.6 Å². The van der Waals surface area contributed by atoms with Gasteiger partial charge in [0.15, 0.2) is 0 Å². The molecule has 0 aliphatic heterocycles. The van der Waals surface area contributed by atoms with Crippen LogP contribution in [0.4, 0.5) is 0 Å². The van der Waals surface area contributed by atoms with Crippen LogP contribution in [0.5, 0.6) is 0 Å². The lowest BCUT2D eigenvalue weighted by Gasteiger charge is -2.19. The molecule has 0 fully saturated rings. The summed E-state index contributed by atoms with van der Waals surface area (Å²) in [5, 5.41) is 0. The number of nitrogens with one attached hydrogen (secondary N) is 2. The maximum atomic E-state index is 13.2. The van der Waals surface area contributed by atoms with E-state index in [9.17, 15) is 16.8 Å². The second-order valence-corrected chi connectivity index (χ2v) is 12.1. The van der Waals surface area contributed by atoms with Crippen molar-refractivity contribution in [3.8, 4) is 10.8 Å². The summed E-state index contributed by atoms with van der Waals surface area (Å²) in [7, 11) is -7.69. The first-order valence-corrected chi connectivity index (χ1v) is 14.9. The van der Waals surface area contributed by atoms with Gasteiger partial charge in [-0.2, -0.15) is 4.31 Å². The quantitative estimate of drug-likeness (QED) is 0.160. The lowest BCUT2D eigenvalue weighted by molar-refractivity contribution is 0.454. The Hall–Kier alpha value is -3.01. The minimum absolute atomic E-state index is 0.0284. The number of halogens is 1. The van der Waals surface area contributed by atoms with Crippen molar-refractivity contribution in [2.24, 2.45) is 4.99 Å². The highest BCUT2D eigenvalue weighted by molar-refractivity contribution is 9.12. The fourth-order valence-electron chi connectivity index (χ4n) is 3.23. The highest BCUT2D eigenvalue weighted by Gasteiger charge is 2.23. The van der Waals surface area contributed by atoms with Gasteiger partial charge in [0, 0.05) is 28.0 Å². The Labute approximate surface area is 227 Å². The van der Waals surface area contributed by atoms with Gasteiger partial charge in [0.05, 0.1) is 22.9 Å². The first-order chi connectivity index (χ1) is 17.6. The molecule has 0 amide bonds. The zero-order valence-corrected chi connectivity index (χ0v) is 23.6. The third kappa shape index (κ3) is 7.99. The van der Waals surface area contributed by atoms with E-state index < -0.39 is 20.0 Å². The molecule has 0 saturated carbocycles. The van der Waals surface area contributed by atoms with Crippen LogP contribution in [0.1, 0.15) is 16.7 Å². The Bertz CT molecular complexity index is 1500. The first kappa shape index (κ1) is 28.6. The van der Waals surface area contributed by atoms with Gasteiger partial charge in [-0.25, -0.2) is 16.8 Å². The number of hydrazine groups is 1. The number of aryl methyl sites for hydroxylation is 2. The van der Waals surface area contributed by atoms with Gasteiger partial charge in [-0.05, 0) is 42.9 Å². The van der Waals surface area contributed by atoms with E-state index in [1.807, 2.05) is 19.9 Å². The summed E-state index contributed by atoms with van der Waals surface area (Å²) in [6.07, 6.45) is 0. The number of hydrogen-bond acceptors (Lipinski definition) is 5. The zero-order valence-electron chi connectivity index (χ0n) is 20.3. The van der Waals surface area contributed by atoms with Gasteiger partial charge in [0.2, 0.25) is 10.0 Å². The molecule has 0 aliphatic carbocycles. The molecule has 3 aromatic rings. The molecule has 0 saturated heterocycles. The average Bonchev–Trinajstić information content (AvgIpc) is 2.88. The van der Waals surface area contributed by atoms with E-state index in [2.05, 4.69) is 41.9 Å². The number of nitrogens with zero attached hydrogens (tertiary/aromatic N) is 2. The van der Waals surface area contributed by atoms with Crippen LogP contribution >= 0.6 is 15.9 Å². The maximum Gasteiger partial charge on any atom is 0.257 e. The summed E-state index contributed by atoms with van der Waals surface area (Å²) >= 11 is 3.01. The Morgan fingerprint density at radius 3 is 2.00 bits per heavy atom. The fourth-order valence-corrected chi connectivity index (χ4v) is 5.53. The summed E-state index contributed by atoms with van der Waals surface area (Å²) in [5.74, 6) is 2.98. The predicted molar refractivity (Wildman–Crippen MR) is 149 cm³/mol. The Kier molecular flexibility index (Phi) is 10.0. The third-order valence-electron chi connectivity index (χ3n) is 5.28. The topological polar surface area (TPSA) is 108 Å². The van der Waals surface area contributed by atoms with E-state index in [0.29, 0.717) is 5.56 Å². The van der Waals surface area contributed by atoms with Gasteiger partial charge in [-0.1, -0.05) is 71.6 Å². The van der Waals surface area contributed by atoms with Crippen molar-refractivity contribution in [1.82, 2.24) is 14.6 Å². The molecular formula is C26H27BrN4O4S2. The first-order valence-electron chi connectivity index (χ1n) is 11.2. The molecule has 0 aliphatic rings. The van der Waals surface area contributed by atoms with Gasteiger partial charge >= 0.3 is 0 Å². The normalized spacial score (nSPS) is 12.2. The van der Waals surface area contributed by atoms with E-state index in [1.54, 1.807) is 60.7 Å². The van der Waals surface area contributed by atoms with Gasteiger partial charge in [0.25, 0.3) is 10.0 Å². The smallest absolute Gasteiger partial charge is 0.257 e. The fraction of sp³-hybridized carbons (Fsp3) is 0.192. The molecule has 0 aromatic heterocycles. The molecule has 3 rings (SSSR count). The van der Waals surface area contributed by atoms with Gasteiger partial charge in [0.1, 0.15) is 5.84 Å². The molecule has 0 spiro atoms. The number of benzene rings is 3. The highest BCUT2D eigenvalue weighted by atomic mass is 79.9. The second kappa shape index (κ2) is 13.0. The monoisotopic (exact) mass is 602 g/mol. The summed E-state index contributed by atoms with van der Waals surface area (Å²) in [6.45, 7) is 3.79. The number of hydrogen-bond donors (Lipinski definition) is 2. The van der Waals surface area contributed by atoms with Crippen LogP contribution in [0.25, 0.3) is 0 Å². The van der Waals surface area contributed by atoms with E-state index in [1.165, 1.54) is 16.4 Å². The Morgan fingerprint density at radius 1 is 0.865 bits per heavy atom. The molecule has 8 nitrogen and oxygen atoms in total. The van der Waals surface area contributed by atoms with E-state index in [0.717, 1.165) is 11.1 Å². The number of amidine groups is 1. The number of rotatable bonds is 10. The summed E-state index contributed by atoms with van der Waals surface area (Å²) in [5.41, 5.74) is 5.20. The minimum atomic E-state index is -3.87. The van der Waals surface area contributed by atoms with Crippen LogP contribution < -0.4 is 10.3 Å². The van der Waals surface area contributed by atoms with Gasteiger partial charge in [-0.15, -0.1) is 4.83 Å². The largest absolute Gasteiger partial charge is 0.292 e. The third-order valence-corrected chi connectivity index (χ3v) is 8.69. The molecule has 2 N–H and O–H groups in total. The summed E-state index contributed by atoms with van der Waals surface area (Å²) in [6, 6.07) is 22.0. The van der Waals surface area contributed by atoms with Crippen molar-refractivity contribution in [1.29, 1.82) is 0 Å².